The Morgan fingerprint density at radius 2 is 1.96 bits per heavy atom. The lowest BCUT2D eigenvalue weighted by atomic mass is 9.78. The fourth-order valence-electron chi connectivity index (χ4n) is 2.99. The molecule has 1 aliphatic carbocycles. The molecule has 0 spiro atoms. The number of hydrogen-bond donors (Lipinski definition) is 1. The zero-order valence-electron chi connectivity index (χ0n) is 13.8. The first-order valence-corrected chi connectivity index (χ1v) is 8.16. The molecule has 1 saturated carbocycles. The van der Waals surface area contributed by atoms with E-state index in [1.54, 1.807) is 6.07 Å². The molecule has 23 heavy (non-hydrogen) atoms. The minimum Gasteiger partial charge on any atom is -0.449 e. The molecule has 5 heteroatoms. The molecule has 1 aromatic carbocycles. The van der Waals surface area contributed by atoms with E-state index in [1.807, 2.05) is 0 Å². The highest BCUT2D eigenvalue weighted by Gasteiger charge is 2.30. The van der Waals surface area contributed by atoms with E-state index in [-0.39, 0.29) is 17.5 Å². The quantitative estimate of drug-likeness (QED) is 0.866. The minimum atomic E-state index is -0.952. The van der Waals surface area contributed by atoms with Crippen LogP contribution in [0.2, 0.25) is 0 Å². The summed E-state index contributed by atoms with van der Waals surface area (Å²) in [5.41, 5.74) is -0.160. The number of esters is 1. The minimum absolute atomic E-state index is 0.0980. The van der Waals surface area contributed by atoms with Crippen molar-refractivity contribution in [1.29, 1.82) is 0 Å². The van der Waals surface area contributed by atoms with Gasteiger partial charge in [-0.15, -0.1) is 0 Å². The fourth-order valence-corrected chi connectivity index (χ4v) is 2.99. The summed E-state index contributed by atoms with van der Waals surface area (Å²) < 4.78 is 18.6. The molecule has 0 aromatic heterocycles. The molecule has 1 fully saturated rings. The molecule has 0 aliphatic heterocycles. The monoisotopic (exact) mass is 321 g/mol. The largest absolute Gasteiger partial charge is 0.449 e. The van der Waals surface area contributed by atoms with Crippen molar-refractivity contribution in [3.8, 4) is 0 Å². The molecule has 1 amide bonds. The van der Waals surface area contributed by atoms with E-state index in [0.29, 0.717) is 11.8 Å². The molecule has 4 atom stereocenters. The molecule has 2 rings (SSSR count). The van der Waals surface area contributed by atoms with Crippen molar-refractivity contribution in [2.75, 3.05) is 0 Å². The lowest BCUT2D eigenvalue weighted by Gasteiger charge is -2.35. The Balaban J connectivity index is 1.92. The second-order valence-electron chi connectivity index (χ2n) is 6.41. The van der Waals surface area contributed by atoms with Gasteiger partial charge in [0, 0.05) is 6.04 Å². The number of amides is 1. The van der Waals surface area contributed by atoms with Crippen LogP contribution in [0.5, 0.6) is 0 Å². The van der Waals surface area contributed by atoms with Crippen molar-refractivity contribution in [3.63, 3.8) is 0 Å². The van der Waals surface area contributed by atoms with Gasteiger partial charge >= 0.3 is 5.97 Å². The van der Waals surface area contributed by atoms with Crippen LogP contribution in [-0.4, -0.2) is 24.0 Å². The lowest BCUT2D eigenvalue weighted by Crippen LogP contribution is -2.47. The van der Waals surface area contributed by atoms with Gasteiger partial charge in [-0.25, -0.2) is 9.18 Å². The third-order valence-corrected chi connectivity index (χ3v) is 4.78. The maximum absolute atomic E-state index is 13.6. The van der Waals surface area contributed by atoms with E-state index < -0.39 is 17.9 Å². The Kier molecular flexibility index (Phi) is 5.74. The van der Waals surface area contributed by atoms with Gasteiger partial charge in [-0.05, 0) is 37.3 Å². The van der Waals surface area contributed by atoms with E-state index in [1.165, 1.54) is 31.5 Å². The topological polar surface area (TPSA) is 55.4 Å². The predicted molar refractivity (Wildman–Crippen MR) is 85.4 cm³/mol. The predicted octanol–water partition coefficient (Wildman–Crippen LogP) is 3.31. The molecule has 126 valence electrons. The smallest absolute Gasteiger partial charge is 0.341 e. The Hall–Kier alpha value is -1.91. The fraction of sp³-hybridized carbons (Fsp3) is 0.556. The molecule has 0 bridgehead atoms. The van der Waals surface area contributed by atoms with Gasteiger partial charge in [-0.1, -0.05) is 38.8 Å². The number of carbonyl (C=O) groups excluding carboxylic acids is 2. The zero-order chi connectivity index (χ0) is 17.0. The highest BCUT2D eigenvalue weighted by atomic mass is 19.1. The average Bonchev–Trinajstić information content (AvgIpc) is 2.52. The van der Waals surface area contributed by atoms with Crippen LogP contribution in [0, 0.1) is 17.7 Å². The molecule has 0 radical (unpaired) electrons. The van der Waals surface area contributed by atoms with Crippen molar-refractivity contribution in [1.82, 2.24) is 5.32 Å². The molecule has 0 unspecified atom stereocenters. The van der Waals surface area contributed by atoms with Gasteiger partial charge in [-0.2, -0.15) is 0 Å². The number of ether oxygens (including phenoxy) is 1. The number of carbonyl (C=O) groups is 2. The average molecular weight is 321 g/mol. The van der Waals surface area contributed by atoms with Gasteiger partial charge in [-0.3, -0.25) is 4.79 Å². The first kappa shape index (κ1) is 17.4. The third kappa shape index (κ3) is 4.30. The Bertz CT molecular complexity index is 575. The van der Waals surface area contributed by atoms with E-state index in [2.05, 4.69) is 19.2 Å². The van der Waals surface area contributed by atoms with Gasteiger partial charge in [0.1, 0.15) is 5.82 Å². The molecule has 0 saturated heterocycles. The van der Waals surface area contributed by atoms with E-state index in [4.69, 9.17) is 4.74 Å². The van der Waals surface area contributed by atoms with Crippen LogP contribution in [0.15, 0.2) is 24.3 Å². The summed E-state index contributed by atoms with van der Waals surface area (Å²) in [6.07, 6.45) is 2.24. The van der Waals surface area contributed by atoms with E-state index >= 15 is 0 Å². The summed E-state index contributed by atoms with van der Waals surface area (Å²) in [5, 5.41) is 2.96. The zero-order valence-corrected chi connectivity index (χ0v) is 13.8. The number of benzene rings is 1. The summed E-state index contributed by atoms with van der Waals surface area (Å²) in [6.45, 7) is 5.82. The Morgan fingerprint density at radius 1 is 1.26 bits per heavy atom. The van der Waals surface area contributed by atoms with Gasteiger partial charge in [0.2, 0.25) is 0 Å². The summed E-state index contributed by atoms with van der Waals surface area (Å²) in [7, 11) is 0. The van der Waals surface area contributed by atoms with Gasteiger partial charge in [0.05, 0.1) is 5.56 Å². The molecule has 1 aliphatic rings. The van der Waals surface area contributed by atoms with E-state index in [9.17, 15) is 14.0 Å². The molecule has 1 aromatic rings. The maximum Gasteiger partial charge on any atom is 0.341 e. The van der Waals surface area contributed by atoms with Crippen LogP contribution in [0.3, 0.4) is 0 Å². The summed E-state index contributed by atoms with van der Waals surface area (Å²) in [5.74, 6) is -0.858. The first-order valence-electron chi connectivity index (χ1n) is 8.16. The Labute approximate surface area is 136 Å². The number of rotatable bonds is 4. The van der Waals surface area contributed by atoms with Crippen molar-refractivity contribution >= 4 is 11.9 Å². The standard InChI is InChI=1S/C18H24FNO3/c1-11-7-6-10-16(12(11)2)20-17(21)13(3)23-18(22)14-8-4-5-9-15(14)19/h4-5,8-9,11-13,16H,6-7,10H2,1-3H3,(H,20,21)/t11-,12-,13-,16+/m1/s1. The second-order valence-corrected chi connectivity index (χ2v) is 6.41. The van der Waals surface area contributed by atoms with Gasteiger partial charge < -0.3 is 10.1 Å². The van der Waals surface area contributed by atoms with Crippen LogP contribution < -0.4 is 5.32 Å². The van der Waals surface area contributed by atoms with Crippen LogP contribution in [-0.2, 0) is 9.53 Å². The Morgan fingerprint density at radius 3 is 2.65 bits per heavy atom. The van der Waals surface area contributed by atoms with Crippen LogP contribution in [0.1, 0.15) is 50.4 Å². The first-order chi connectivity index (χ1) is 10.9. The van der Waals surface area contributed by atoms with Crippen molar-refractivity contribution in [2.24, 2.45) is 11.8 Å². The summed E-state index contributed by atoms with van der Waals surface area (Å²) >= 11 is 0. The van der Waals surface area contributed by atoms with Crippen molar-refractivity contribution in [3.05, 3.63) is 35.6 Å². The van der Waals surface area contributed by atoms with Crippen molar-refractivity contribution < 1.29 is 18.7 Å². The molecular weight excluding hydrogens is 297 g/mol. The summed E-state index contributed by atoms with van der Waals surface area (Å²) in [4.78, 5) is 24.2. The number of halogens is 1. The third-order valence-electron chi connectivity index (χ3n) is 4.78. The molecule has 4 nitrogen and oxygen atoms in total. The SMILES string of the molecule is C[C@@H]1[C@H](C)CCC[C@@H]1NC(=O)[C@@H](C)OC(=O)c1ccccc1F. The highest BCUT2D eigenvalue weighted by Crippen LogP contribution is 2.29. The summed E-state index contributed by atoms with van der Waals surface area (Å²) in [6, 6.07) is 5.67. The second kappa shape index (κ2) is 7.57. The van der Waals surface area contributed by atoms with Gasteiger partial charge in [0.15, 0.2) is 6.10 Å². The van der Waals surface area contributed by atoms with Gasteiger partial charge in [0.25, 0.3) is 5.91 Å². The number of nitrogens with one attached hydrogen (secondary N) is 1. The number of hydrogen-bond acceptors (Lipinski definition) is 3. The van der Waals surface area contributed by atoms with Crippen molar-refractivity contribution in [2.45, 2.75) is 52.2 Å². The van der Waals surface area contributed by atoms with Crippen LogP contribution in [0.25, 0.3) is 0 Å². The van der Waals surface area contributed by atoms with Crippen LogP contribution >= 0.6 is 0 Å². The van der Waals surface area contributed by atoms with Crippen LogP contribution in [0.4, 0.5) is 4.39 Å². The van der Waals surface area contributed by atoms with E-state index in [0.717, 1.165) is 12.8 Å². The lowest BCUT2D eigenvalue weighted by molar-refractivity contribution is -0.130. The highest BCUT2D eigenvalue weighted by molar-refractivity contribution is 5.92. The molecule has 0 heterocycles. The molecular formula is C18H24FNO3. The normalized spacial score (nSPS) is 25.5. The maximum atomic E-state index is 13.6. The molecule has 1 N–H and O–H groups in total.